The van der Waals surface area contributed by atoms with E-state index in [1.54, 1.807) is 10.9 Å². The first-order valence-corrected chi connectivity index (χ1v) is 8.20. The molecular weight excluding hydrogens is 306 g/mol. The van der Waals surface area contributed by atoms with Crippen LogP contribution >= 0.6 is 0 Å². The third-order valence-corrected chi connectivity index (χ3v) is 4.47. The normalized spacial score (nSPS) is 20.5. The molecule has 2 aliphatic rings. The number of pyridine rings is 1. The van der Waals surface area contributed by atoms with Gasteiger partial charge in [-0.05, 0) is 31.9 Å². The molecule has 2 aromatic heterocycles. The first kappa shape index (κ1) is 14.9. The van der Waals surface area contributed by atoms with Crippen LogP contribution in [0, 0.1) is 12.8 Å². The van der Waals surface area contributed by atoms with Crippen LogP contribution in [0.25, 0.3) is 5.82 Å². The molecular formula is C17H19N5O2. The predicted molar refractivity (Wildman–Crippen MR) is 87.6 cm³/mol. The van der Waals surface area contributed by atoms with Crippen LogP contribution in [-0.4, -0.2) is 44.1 Å². The molecule has 1 unspecified atom stereocenters. The molecule has 2 amide bonds. The van der Waals surface area contributed by atoms with Crippen LogP contribution in [0.5, 0.6) is 0 Å². The Balaban J connectivity index is 1.51. The number of nitrogens with one attached hydrogen (secondary N) is 1. The van der Waals surface area contributed by atoms with Gasteiger partial charge in [-0.25, -0.2) is 4.98 Å². The van der Waals surface area contributed by atoms with Crippen molar-refractivity contribution >= 4 is 17.6 Å². The van der Waals surface area contributed by atoms with Crippen molar-refractivity contribution in [2.75, 3.05) is 11.9 Å². The second-order valence-electron chi connectivity index (χ2n) is 6.44. The molecule has 7 heteroatoms. The minimum atomic E-state index is -0.300. The first-order valence-electron chi connectivity index (χ1n) is 8.20. The SMILES string of the molecule is Cc1cc(NC(=O)C2CC(=O)N(C3CC3)C2)n(-c2ccccn2)n1. The van der Waals surface area contributed by atoms with Gasteiger partial charge >= 0.3 is 0 Å². The molecule has 1 atom stereocenters. The maximum Gasteiger partial charge on any atom is 0.230 e. The molecule has 24 heavy (non-hydrogen) atoms. The highest BCUT2D eigenvalue weighted by Gasteiger charge is 2.41. The van der Waals surface area contributed by atoms with Gasteiger partial charge < -0.3 is 10.2 Å². The average molecular weight is 325 g/mol. The Hall–Kier alpha value is -2.70. The number of nitrogens with zero attached hydrogens (tertiary/aromatic N) is 4. The molecule has 1 saturated heterocycles. The number of aryl methyl sites for hydroxylation is 1. The fraction of sp³-hybridized carbons (Fsp3) is 0.412. The van der Waals surface area contributed by atoms with Gasteiger partial charge in [0.2, 0.25) is 11.8 Å². The van der Waals surface area contributed by atoms with E-state index >= 15 is 0 Å². The molecule has 0 radical (unpaired) electrons. The maximum absolute atomic E-state index is 12.6. The number of hydrogen-bond acceptors (Lipinski definition) is 4. The van der Waals surface area contributed by atoms with Gasteiger partial charge in [-0.3, -0.25) is 9.59 Å². The lowest BCUT2D eigenvalue weighted by Gasteiger charge is -2.15. The van der Waals surface area contributed by atoms with Gasteiger partial charge in [0.15, 0.2) is 5.82 Å². The molecule has 2 fully saturated rings. The highest BCUT2D eigenvalue weighted by molar-refractivity contribution is 5.97. The van der Waals surface area contributed by atoms with Gasteiger partial charge in [-0.2, -0.15) is 9.78 Å². The number of aromatic nitrogens is 3. The summed E-state index contributed by atoms with van der Waals surface area (Å²) < 4.78 is 1.61. The molecule has 3 heterocycles. The fourth-order valence-electron chi connectivity index (χ4n) is 3.12. The van der Waals surface area contributed by atoms with Gasteiger partial charge in [-0.15, -0.1) is 0 Å². The third-order valence-electron chi connectivity index (χ3n) is 4.47. The number of carbonyl (C=O) groups is 2. The summed E-state index contributed by atoms with van der Waals surface area (Å²) in [7, 11) is 0. The first-order chi connectivity index (χ1) is 11.6. The lowest BCUT2D eigenvalue weighted by atomic mass is 10.1. The number of rotatable bonds is 4. The van der Waals surface area contributed by atoms with E-state index in [1.165, 1.54) is 0 Å². The highest BCUT2D eigenvalue weighted by atomic mass is 16.2. The number of likely N-dealkylation sites (tertiary alicyclic amines) is 1. The second-order valence-corrected chi connectivity index (χ2v) is 6.44. The van der Waals surface area contributed by atoms with Crippen molar-refractivity contribution in [1.82, 2.24) is 19.7 Å². The summed E-state index contributed by atoms with van der Waals surface area (Å²) in [6.07, 6.45) is 4.09. The molecule has 0 aromatic carbocycles. The molecule has 1 saturated carbocycles. The van der Waals surface area contributed by atoms with Crippen LogP contribution < -0.4 is 5.32 Å². The lowest BCUT2D eigenvalue weighted by molar-refractivity contribution is -0.128. The zero-order valence-electron chi connectivity index (χ0n) is 13.5. The number of hydrogen-bond donors (Lipinski definition) is 1. The smallest absolute Gasteiger partial charge is 0.230 e. The summed E-state index contributed by atoms with van der Waals surface area (Å²) in [5, 5.41) is 7.31. The standard InChI is InChI=1S/C17H19N5O2/c1-11-8-15(22(20-11)14-4-2-3-7-18-14)19-17(24)12-9-16(23)21(10-12)13-5-6-13/h2-4,7-8,12-13H,5-6,9-10H2,1H3,(H,19,24). The Morgan fingerprint density at radius 2 is 2.17 bits per heavy atom. The van der Waals surface area contributed by atoms with E-state index in [4.69, 9.17) is 0 Å². The predicted octanol–water partition coefficient (Wildman–Crippen LogP) is 1.53. The van der Waals surface area contributed by atoms with Gasteiger partial charge in [0, 0.05) is 31.3 Å². The minimum absolute atomic E-state index is 0.0899. The molecule has 1 aliphatic heterocycles. The van der Waals surface area contributed by atoms with Crippen molar-refractivity contribution < 1.29 is 9.59 Å². The van der Waals surface area contributed by atoms with E-state index in [-0.39, 0.29) is 17.7 Å². The van der Waals surface area contributed by atoms with Gasteiger partial charge in [-0.1, -0.05) is 6.07 Å². The summed E-state index contributed by atoms with van der Waals surface area (Å²) in [5.74, 6) is 0.873. The summed E-state index contributed by atoms with van der Waals surface area (Å²) in [5.41, 5.74) is 0.790. The molecule has 0 bridgehead atoms. The summed E-state index contributed by atoms with van der Waals surface area (Å²) in [6.45, 7) is 2.38. The summed E-state index contributed by atoms with van der Waals surface area (Å²) in [6, 6.07) is 7.69. The molecule has 0 spiro atoms. The van der Waals surface area contributed by atoms with Crippen molar-refractivity contribution in [2.24, 2.45) is 5.92 Å². The van der Waals surface area contributed by atoms with Gasteiger partial charge in [0.25, 0.3) is 0 Å². The lowest BCUT2D eigenvalue weighted by Crippen LogP contribution is -2.30. The highest BCUT2D eigenvalue weighted by Crippen LogP contribution is 2.33. The number of amides is 2. The number of carbonyl (C=O) groups excluding carboxylic acids is 2. The Bertz CT molecular complexity index is 782. The van der Waals surface area contributed by atoms with Crippen molar-refractivity contribution in [3.05, 3.63) is 36.2 Å². The monoisotopic (exact) mass is 325 g/mol. The van der Waals surface area contributed by atoms with Crippen molar-refractivity contribution in [1.29, 1.82) is 0 Å². The molecule has 7 nitrogen and oxygen atoms in total. The average Bonchev–Trinajstić information content (AvgIpc) is 3.25. The van der Waals surface area contributed by atoms with Gasteiger partial charge in [0.05, 0.1) is 11.6 Å². The fourth-order valence-corrected chi connectivity index (χ4v) is 3.12. The van der Waals surface area contributed by atoms with Crippen molar-refractivity contribution in [3.63, 3.8) is 0 Å². The Morgan fingerprint density at radius 1 is 1.33 bits per heavy atom. The number of anilines is 1. The van der Waals surface area contributed by atoms with Crippen molar-refractivity contribution in [2.45, 2.75) is 32.2 Å². The summed E-state index contributed by atoms with van der Waals surface area (Å²) in [4.78, 5) is 30.7. The van der Waals surface area contributed by atoms with E-state index in [0.717, 1.165) is 18.5 Å². The molecule has 2 aromatic rings. The largest absolute Gasteiger partial charge is 0.339 e. The zero-order valence-corrected chi connectivity index (χ0v) is 13.5. The van der Waals surface area contributed by atoms with Crippen LogP contribution in [0.15, 0.2) is 30.5 Å². The van der Waals surface area contributed by atoms with E-state index in [9.17, 15) is 9.59 Å². The minimum Gasteiger partial charge on any atom is -0.339 e. The molecule has 1 N–H and O–H groups in total. The quantitative estimate of drug-likeness (QED) is 0.924. The molecule has 1 aliphatic carbocycles. The van der Waals surface area contributed by atoms with E-state index in [0.29, 0.717) is 30.6 Å². The van der Waals surface area contributed by atoms with Crippen LogP contribution in [0.1, 0.15) is 25.0 Å². The Labute approximate surface area is 139 Å². The topological polar surface area (TPSA) is 80.1 Å². The zero-order chi connectivity index (χ0) is 16.7. The second kappa shape index (κ2) is 5.74. The molecule has 124 valence electrons. The van der Waals surface area contributed by atoms with Crippen LogP contribution in [-0.2, 0) is 9.59 Å². The van der Waals surface area contributed by atoms with Crippen LogP contribution in [0.2, 0.25) is 0 Å². The van der Waals surface area contributed by atoms with Gasteiger partial charge in [0.1, 0.15) is 5.82 Å². The van der Waals surface area contributed by atoms with Crippen LogP contribution in [0.3, 0.4) is 0 Å². The van der Waals surface area contributed by atoms with Crippen LogP contribution in [0.4, 0.5) is 5.82 Å². The third kappa shape index (κ3) is 2.77. The van der Waals surface area contributed by atoms with Crippen molar-refractivity contribution in [3.8, 4) is 5.82 Å². The van der Waals surface area contributed by atoms with E-state index < -0.39 is 0 Å². The molecule has 4 rings (SSSR count). The van der Waals surface area contributed by atoms with E-state index in [1.807, 2.05) is 36.1 Å². The Kier molecular flexibility index (Phi) is 3.55. The summed E-state index contributed by atoms with van der Waals surface area (Å²) >= 11 is 0. The maximum atomic E-state index is 12.6. The Morgan fingerprint density at radius 3 is 2.88 bits per heavy atom. The van der Waals surface area contributed by atoms with E-state index in [2.05, 4.69) is 15.4 Å².